The Bertz CT molecular complexity index is 862. The molecule has 23 heavy (non-hydrogen) atoms. The topological polar surface area (TPSA) is 57.0 Å². The monoisotopic (exact) mass is 339 g/mol. The molecule has 1 aromatic carbocycles. The fourth-order valence-corrected chi connectivity index (χ4v) is 3.77. The maximum absolute atomic E-state index is 12.5. The average molecular weight is 339 g/mol. The molecule has 0 aliphatic carbocycles. The Balaban J connectivity index is 1.73. The molecule has 6 heteroatoms. The number of carbonyl (C=O) groups excluding carboxylic acids is 1. The number of thiophene rings is 1. The van der Waals surface area contributed by atoms with E-state index in [-0.39, 0.29) is 5.91 Å². The summed E-state index contributed by atoms with van der Waals surface area (Å²) in [5, 5.41) is 13.6. The van der Waals surface area contributed by atoms with Crippen LogP contribution in [0, 0.1) is 11.3 Å². The zero-order chi connectivity index (χ0) is 16.2. The first-order valence-electron chi connectivity index (χ1n) is 6.91. The second kappa shape index (κ2) is 6.73. The Labute approximate surface area is 142 Å². The molecule has 3 rings (SSSR count). The van der Waals surface area contributed by atoms with E-state index in [1.54, 1.807) is 40.8 Å². The van der Waals surface area contributed by atoms with Crippen LogP contribution < -0.4 is 0 Å². The highest BCUT2D eigenvalue weighted by molar-refractivity contribution is 7.20. The lowest BCUT2D eigenvalue weighted by Crippen LogP contribution is -2.26. The third-order valence-corrected chi connectivity index (χ3v) is 5.16. The maximum Gasteiger partial charge on any atom is 0.273 e. The van der Waals surface area contributed by atoms with Crippen molar-refractivity contribution < 1.29 is 4.79 Å². The van der Waals surface area contributed by atoms with Gasteiger partial charge in [0.1, 0.15) is 10.7 Å². The van der Waals surface area contributed by atoms with Crippen molar-refractivity contribution in [3.05, 3.63) is 64.0 Å². The largest absolute Gasteiger partial charge is 0.336 e. The number of aromatic nitrogens is 1. The van der Waals surface area contributed by atoms with Crippen molar-refractivity contribution in [2.24, 2.45) is 0 Å². The number of hydrogen-bond donors (Lipinski definition) is 0. The molecule has 0 unspecified atom stereocenters. The quantitative estimate of drug-likeness (QED) is 0.721. The highest BCUT2D eigenvalue weighted by atomic mass is 32.1. The standard InChI is InChI=1S/C17H13N3OS2/c1-20(10-13-5-2-4-12(8-13)9-18)17(21)14-11-23-16(19-14)15-6-3-7-22-15/h2-8,11H,10H2,1H3. The molecule has 0 N–H and O–H groups in total. The van der Waals surface area contributed by atoms with E-state index in [1.807, 2.05) is 29.6 Å². The van der Waals surface area contributed by atoms with Crippen molar-refractivity contribution in [2.75, 3.05) is 7.05 Å². The number of benzene rings is 1. The van der Waals surface area contributed by atoms with Crippen LogP contribution in [-0.2, 0) is 6.54 Å². The summed E-state index contributed by atoms with van der Waals surface area (Å²) >= 11 is 3.08. The zero-order valence-electron chi connectivity index (χ0n) is 12.4. The molecule has 0 aliphatic rings. The number of nitrogens with zero attached hydrogens (tertiary/aromatic N) is 3. The fourth-order valence-electron chi connectivity index (χ4n) is 2.17. The molecule has 4 nitrogen and oxygen atoms in total. The van der Waals surface area contributed by atoms with Gasteiger partial charge in [0.05, 0.1) is 16.5 Å². The van der Waals surface area contributed by atoms with E-state index in [2.05, 4.69) is 11.1 Å². The Morgan fingerprint density at radius 2 is 2.17 bits per heavy atom. The minimum absolute atomic E-state index is 0.119. The molecule has 114 valence electrons. The highest BCUT2D eigenvalue weighted by Gasteiger charge is 2.16. The van der Waals surface area contributed by atoms with Crippen LogP contribution in [0.2, 0.25) is 0 Å². The molecular weight excluding hydrogens is 326 g/mol. The summed E-state index contributed by atoms with van der Waals surface area (Å²) in [6, 6.07) is 13.3. The predicted octanol–water partition coefficient (Wildman–Crippen LogP) is 4.02. The van der Waals surface area contributed by atoms with Crippen molar-refractivity contribution in [2.45, 2.75) is 6.54 Å². The molecule has 0 atom stereocenters. The minimum atomic E-state index is -0.119. The normalized spacial score (nSPS) is 10.3. The Morgan fingerprint density at radius 3 is 2.91 bits per heavy atom. The highest BCUT2D eigenvalue weighted by Crippen LogP contribution is 2.28. The summed E-state index contributed by atoms with van der Waals surface area (Å²) in [5.74, 6) is -0.119. The summed E-state index contributed by atoms with van der Waals surface area (Å²) < 4.78 is 0. The molecule has 1 amide bonds. The molecule has 0 spiro atoms. The van der Waals surface area contributed by atoms with Gasteiger partial charge in [-0.2, -0.15) is 5.26 Å². The number of amides is 1. The number of nitriles is 1. The molecule has 0 aliphatic heterocycles. The summed E-state index contributed by atoms with van der Waals surface area (Å²) in [4.78, 5) is 19.6. The fraction of sp³-hybridized carbons (Fsp3) is 0.118. The van der Waals surface area contributed by atoms with Gasteiger partial charge in [-0.05, 0) is 29.1 Å². The van der Waals surface area contributed by atoms with E-state index >= 15 is 0 Å². The van der Waals surface area contributed by atoms with Crippen LogP contribution >= 0.6 is 22.7 Å². The molecule has 3 aromatic rings. The number of carbonyl (C=O) groups is 1. The van der Waals surface area contributed by atoms with E-state index in [0.29, 0.717) is 17.8 Å². The lowest BCUT2D eigenvalue weighted by molar-refractivity contribution is 0.0780. The first-order valence-corrected chi connectivity index (χ1v) is 8.67. The first kappa shape index (κ1) is 15.4. The lowest BCUT2D eigenvalue weighted by Gasteiger charge is -2.16. The summed E-state index contributed by atoms with van der Waals surface area (Å²) in [5.41, 5.74) is 1.97. The van der Waals surface area contributed by atoms with E-state index in [4.69, 9.17) is 5.26 Å². The Kier molecular flexibility index (Phi) is 4.51. The Hall–Kier alpha value is -2.49. The lowest BCUT2D eigenvalue weighted by atomic mass is 10.1. The van der Waals surface area contributed by atoms with Crippen LogP contribution in [0.3, 0.4) is 0 Å². The third kappa shape index (κ3) is 3.47. The van der Waals surface area contributed by atoms with Crippen molar-refractivity contribution in [1.82, 2.24) is 9.88 Å². The van der Waals surface area contributed by atoms with Crippen LogP contribution in [-0.4, -0.2) is 22.8 Å². The molecular formula is C17H13N3OS2. The number of hydrogen-bond acceptors (Lipinski definition) is 5. The molecule has 2 heterocycles. The average Bonchev–Trinajstić information content (AvgIpc) is 3.25. The predicted molar refractivity (Wildman–Crippen MR) is 92.4 cm³/mol. The van der Waals surface area contributed by atoms with Gasteiger partial charge < -0.3 is 4.90 Å². The second-order valence-corrected chi connectivity index (χ2v) is 6.79. The van der Waals surface area contributed by atoms with Gasteiger partial charge in [0.25, 0.3) is 5.91 Å². The molecule has 0 bridgehead atoms. The van der Waals surface area contributed by atoms with Gasteiger partial charge in [0.15, 0.2) is 0 Å². The van der Waals surface area contributed by atoms with E-state index in [9.17, 15) is 4.79 Å². The second-order valence-electron chi connectivity index (χ2n) is 4.99. The summed E-state index contributed by atoms with van der Waals surface area (Å²) in [6.07, 6.45) is 0. The summed E-state index contributed by atoms with van der Waals surface area (Å²) in [6.45, 7) is 0.445. The van der Waals surface area contributed by atoms with Gasteiger partial charge >= 0.3 is 0 Å². The summed E-state index contributed by atoms with van der Waals surface area (Å²) in [7, 11) is 1.74. The van der Waals surface area contributed by atoms with E-state index in [0.717, 1.165) is 15.4 Å². The molecule has 0 saturated carbocycles. The minimum Gasteiger partial charge on any atom is -0.336 e. The number of rotatable bonds is 4. The van der Waals surface area contributed by atoms with Crippen LogP contribution in [0.25, 0.3) is 9.88 Å². The van der Waals surface area contributed by atoms with Gasteiger partial charge in [-0.1, -0.05) is 18.2 Å². The maximum atomic E-state index is 12.5. The first-order chi connectivity index (χ1) is 11.2. The third-order valence-electron chi connectivity index (χ3n) is 3.28. The van der Waals surface area contributed by atoms with Crippen molar-refractivity contribution in [3.63, 3.8) is 0 Å². The molecule has 0 saturated heterocycles. The van der Waals surface area contributed by atoms with Crippen LogP contribution in [0.15, 0.2) is 47.2 Å². The van der Waals surface area contributed by atoms with Crippen molar-refractivity contribution in [3.8, 4) is 16.0 Å². The van der Waals surface area contributed by atoms with Crippen LogP contribution in [0.4, 0.5) is 0 Å². The zero-order valence-corrected chi connectivity index (χ0v) is 14.0. The molecule has 2 aromatic heterocycles. The van der Waals surface area contributed by atoms with E-state index in [1.165, 1.54) is 11.3 Å². The molecule has 0 radical (unpaired) electrons. The van der Waals surface area contributed by atoms with Crippen LogP contribution in [0.1, 0.15) is 21.6 Å². The van der Waals surface area contributed by atoms with Gasteiger partial charge in [0, 0.05) is 19.0 Å². The van der Waals surface area contributed by atoms with Gasteiger partial charge in [-0.25, -0.2) is 4.98 Å². The van der Waals surface area contributed by atoms with Gasteiger partial charge in [-0.15, -0.1) is 22.7 Å². The number of thiazole rings is 1. The van der Waals surface area contributed by atoms with Crippen LogP contribution in [0.5, 0.6) is 0 Å². The van der Waals surface area contributed by atoms with Gasteiger partial charge in [0.2, 0.25) is 0 Å². The van der Waals surface area contributed by atoms with Crippen molar-refractivity contribution in [1.29, 1.82) is 5.26 Å². The smallest absolute Gasteiger partial charge is 0.273 e. The molecule has 0 fully saturated rings. The van der Waals surface area contributed by atoms with Gasteiger partial charge in [-0.3, -0.25) is 4.79 Å². The van der Waals surface area contributed by atoms with E-state index < -0.39 is 0 Å². The Morgan fingerprint density at radius 1 is 1.30 bits per heavy atom. The van der Waals surface area contributed by atoms with Crippen molar-refractivity contribution >= 4 is 28.6 Å². The SMILES string of the molecule is CN(Cc1cccc(C#N)c1)C(=O)c1csc(-c2cccs2)n1.